The van der Waals surface area contributed by atoms with Gasteiger partial charge in [0, 0.05) is 25.7 Å². The summed E-state index contributed by atoms with van der Waals surface area (Å²) in [6.07, 6.45) is 5.05. The van der Waals surface area contributed by atoms with E-state index in [0.29, 0.717) is 11.7 Å². The van der Waals surface area contributed by atoms with Crippen LogP contribution in [0.4, 0.5) is 11.4 Å². The molecule has 1 saturated carbocycles. The molecule has 21 heavy (non-hydrogen) atoms. The molecular weight excluding hydrogens is 266 g/mol. The number of anilines is 1. The molecule has 1 N–H and O–H groups in total. The summed E-state index contributed by atoms with van der Waals surface area (Å²) < 4.78 is 0. The highest BCUT2D eigenvalue weighted by atomic mass is 16.6. The zero-order valence-electron chi connectivity index (χ0n) is 13.1. The second-order valence-electron chi connectivity index (χ2n) is 6.16. The van der Waals surface area contributed by atoms with Crippen LogP contribution in [-0.2, 0) is 6.54 Å². The molecule has 1 aliphatic carbocycles. The van der Waals surface area contributed by atoms with E-state index in [1.807, 2.05) is 6.07 Å². The summed E-state index contributed by atoms with van der Waals surface area (Å²) >= 11 is 0. The molecular formula is C16H25N3O2. The molecule has 0 saturated heterocycles. The fraction of sp³-hybridized carbons (Fsp3) is 0.625. The lowest BCUT2D eigenvalue weighted by molar-refractivity contribution is -0.384. The number of nitrogens with one attached hydrogen (secondary N) is 1. The Morgan fingerprint density at radius 1 is 1.43 bits per heavy atom. The molecule has 5 nitrogen and oxygen atoms in total. The predicted octanol–water partition coefficient (Wildman–Crippen LogP) is 3.65. The number of nitrogens with zero attached hydrogens (tertiary/aromatic N) is 2. The second kappa shape index (κ2) is 6.89. The van der Waals surface area contributed by atoms with Crippen LogP contribution in [0.5, 0.6) is 0 Å². The first kappa shape index (κ1) is 15.8. The summed E-state index contributed by atoms with van der Waals surface area (Å²) in [4.78, 5) is 13.1. The molecule has 0 amide bonds. The topological polar surface area (TPSA) is 58.4 Å². The molecule has 0 spiro atoms. The van der Waals surface area contributed by atoms with Gasteiger partial charge in [-0.15, -0.1) is 0 Å². The number of hydrogen-bond acceptors (Lipinski definition) is 4. The van der Waals surface area contributed by atoms with Gasteiger partial charge in [0.05, 0.1) is 4.92 Å². The van der Waals surface area contributed by atoms with Gasteiger partial charge in [-0.2, -0.15) is 0 Å². The highest BCUT2D eigenvalue weighted by Gasteiger charge is 2.24. The predicted molar refractivity (Wildman–Crippen MR) is 85.5 cm³/mol. The van der Waals surface area contributed by atoms with E-state index in [2.05, 4.69) is 24.2 Å². The van der Waals surface area contributed by atoms with Gasteiger partial charge in [-0.25, -0.2) is 0 Å². The monoisotopic (exact) mass is 291 g/mol. The first-order valence-corrected chi connectivity index (χ1v) is 7.67. The smallest absolute Gasteiger partial charge is 0.292 e. The minimum Gasteiger partial charge on any atom is -0.382 e. The number of nitro benzene ring substituents is 1. The Hall–Kier alpha value is -1.62. The zero-order valence-corrected chi connectivity index (χ0v) is 13.1. The van der Waals surface area contributed by atoms with Crippen LogP contribution in [0.15, 0.2) is 18.2 Å². The lowest BCUT2D eigenvalue weighted by atomic mass is 9.86. The highest BCUT2D eigenvalue weighted by molar-refractivity contribution is 5.66. The summed E-state index contributed by atoms with van der Waals surface area (Å²) in [5.41, 5.74) is 1.78. The maximum atomic E-state index is 11.1. The van der Waals surface area contributed by atoms with E-state index < -0.39 is 0 Å². The molecule has 0 heterocycles. The number of benzene rings is 1. The summed E-state index contributed by atoms with van der Waals surface area (Å²) in [5.74, 6) is 0.778. The minimum atomic E-state index is -0.321. The molecule has 0 radical (unpaired) electrons. The molecule has 2 atom stereocenters. The van der Waals surface area contributed by atoms with Gasteiger partial charge in [0.2, 0.25) is 0 Å². The first-order chi connectivity index (χ1) is 10.0. The van der Waals surface area contributed by atoms with Crippen LogP contribution < -0.4 is 5.32 Å². The Labute approximate surface area is 126 Å². The number of para-hydroxylation sites is 1. The maximum Gasteiger partial charge on any atom is 0.292 e. The van der Waals surface area contributed by atoms with Crippen molar-refractivity contribution in [3.63, 3.8) is 0 Å². The Bertz CT molecular complexity index is 504. The van der Waals surface area contributed by atoms with Crippen LogP contribution >= 0.6 is 0 Å². The summed E-state index contributed by atoms with van der Waals surface area (Å²) in [5, 5.41) is 14.1. The fourth-order valence-corrected chi connectivity index (χ4v) is 3.36. The summed E-state index contributed by atoms with van der Waals surface area (Å²) in [6.45, 7) is 3.06. The minimum absolute atomic E-state index is 0.153. The lowest BCUT2D eigenvalue weighted by Gasteiger charge is -2.34. The van der Waals surface area contributed by atoms with Crippen molar-refractivity contribution in [1.82, 2.24) is 4.90 Å². The van der Waals surface area contributed by atoms with E-state index in [1.54, 1.807) is 19.2 Å². The van der Waals surface area contributed by atoms with Crippen molar-refractivity contribution in [2.24, 2.45) is 5.92 Å². The average molecular weight is 291 g/mol. The molecule has 116 valence electrons. The van der Waals surface area contributed by atoms with Crippen molar-refractivity contribution in [2.75, 3.05) is 19.4 Å². The van der Waals surface area contributed by atoms with Crippen molar-refractivity contribution < 1.29 is 4.92 Å². The van der Waals surface area contributed by atoms with Crippen LogP contribution in [0.3, 0.4) is 0 Å². The molecule has 5 heteroatoms. The van der Waals surface area contributed by atoms with E-state index in [9.17, 15) is 10.1 Å². The van der Waals surface area contributed by atoms with Gasteiger partial charge < -0.3 is 5.32 Å². The van der Waals surface area contributed by atoms with Crippen molar-refractivity contribution in [1.29, 1.82) is 0 Å². The largest absolute Gasteiger partial charge is 0.382 e. The standard InChI is InChI=1S/C16H25N3O2/c1-12-6-4-8-14(10-12)18(3)11-13-7-5-9-15(19(20)21)16(13)17-2/h5,7,9,12,14,17H,4,6,8,10-11H2,1-3H3. The molecule has 0 bridgehead atoms. The van der Waals surface area contributed by atoms with Crippen LogP contribution in [0.2, 0.25) is 0 Å². The van der Waals surface area contributed by atoms with Gasteiger partial charge in [-0.1, -0.05) is 31.9 Å². The maximum absolute atomic E-state index is 11.1. The lowest BCUT2D eigenvalue weighted by Crippen LogP contribution is -2.35. The Morgan fingerprint density at radius 2 is 2.19 bits per heavy atom. The number of nitro groups is 1. The third-order valence-corrected chi connectivity index (χ3v) is 4.53. The van der Waals surface area contributed by atoms with E-state index in [0.717, 1.165) is 18.0 Å². The van der Waals surface area contributed by atoms with Crippen molar-refractivity contribution >= 4 is 11.4 Å². The Kier molecular flexibility index (Phi) is 5.17. The number of rotatable bonds is 5. The third-order valence-electron chi connectivity index (χ3n) is 4.53. The Balaban J connectivity index is 2.15. The Morgan fingerprint density at radius 3 is 2.81 bits per heavy atom. The molecule has 0 aromatic heterocycles. The van der Waals surface area contributed by atoms with Crippen LogP contribution in [0, 0.1) is 16.0 Å². The van der Waals surface area contributed by atoms with Gasteiger partial charge in [0.1, 0.15) is 5.69 Å². The normalized spacial score (nSPS) is 22.3. The SMILES string of the molecule is CNc1c(CN(C)C2CCCC(C)C2)cccc1[N+](=O)[O-]. The second-order valence-corrected chi connectivity index (χ2v) is 6.16. The van der Waals surface area contributed by atoms with Gasteiger partial charge in [0.25, 0.3) is 5.69 Å². The van der Waals surface area contributed by atoms with Gasteiger partial charge in [0.15, 0.2) is 0 Å². The fourth-order valence-electron chi connectivity index (χ4n) is 3.36. The quantitative estimate of drug-likeness (QED) is 0.664. The van der Waals surface area contributed by atoms with Crippen molar-refractivity contribution in [2.45, 2.75) is 45.2 Å². The molecule has 1 fully saturated rings. The van der Waals surface area contributed by atoms with E-state index in [1.165, 1.54) is 25.7 Å². The highest BCUT2D eigenvalue weighted by Crippen LogP contribution is 2.31. The number of hydrogen-bond donors (Lipinski definition) is 1. The molecule has 2 unspecified atom stereocenters. The first-order valence-electron chi connectivity index (χ1n) is 7.67. The van der Waals surface area contributed by atoms with Crippen LogP contribution in [-0.4, -0.2) is 30.0 Å². The zero-order chi connectivity index (χ0) is 15.4. The molecule has 0 aliphatic heterocycles. The van der Waals surface area contributed by atoms with Crippen molar-refractivity contribution in [3.05, 3.63) is 33.9 Å². The third kappa shape index (κ3) is 3.73. The van der Waals surface area contributed by atoms with Gasteiger partial charge >= 0.3 is 0 Å². The van der Waals surface area contributed by atoms with E-state index in [-0.39, 0.29) is 10.6 Å². The average Bonchev–Trinajstić information content (AvgIpc) is 2.46. The van der Waals surface area contributed by atoms with E-state index in [4.69, 9.17) is 0 Å². The summed E-state index contributed by atoms with van der Waals surface area (Å²) in [6, 6.07) is 5.88. The van der Waals surface area contributed by atoms with Gasteiger partial charge in [-0.3, -0.25) is 15.0 Å². The summed E-state index contributed by atoms with van der Waals surface area (Å²) in [7, 11) is 3.87. The molecule has 2 rings (SSSR count). The molecule has 1 aliphatic rings. The van der Waals surface area contributed by atoms with Crippen molar-refractivity contribution in [3.8, 4) is 0 Å². The molecule has 1 aromatic carbocycles. The molecule has 1 aromatic rings. The van der Waals surface area contributed by atoms with Crippen LogP contribution in [0.25, 0.3) is 0 Å². The van der Waals surface area contributed by atoms with E-state index >= 15 is 0 Å². The van der Waals surface area contributed by atoms with Gasteiger partial charge in [-0.05, 0) is 31.4 Å². The van der Waals surface area contributed by atoms with Crippen LogP contribution in [0.1, 0.15) is 38.2 Å².